The van der Waals surface area contributed by atoms with Crippen molar-refractivity contribution >= 4 is 5.91 Å². The van der Waals surface area contributed by atoms with E-state index >= 15 is 0 Å². The normalized spacial score (nSPS) is 14.2. The third-order valence-corrected chi connectivity index (χ3v) is 4.39. The fourth-order valence-electron chi connectivity index (χ4n) is 3.24. The molecule has 0 radical (unpaired) electrons. The van der Waals surface area contributed by atoms with Crippen LogP contribution in [0.25, 0.3) is 0 Å². The van der Waals surface area contributed by atoms with Crippen molar-refractivity contribution in [3.05, 3.63) is 52.3 Å². The molecule has 1 aromatic carbocycles. The summed E-state index contributed by atoms with van der Waals surface area (Å²) in [7, 11) is 0. The van der Waals surface area contributed by atoms with Crippen LogP contribution in [0.1, 0.15) is 40.9 Å². The molecule has 0 saturated carbocycles. The summed E-state index contributed by atoms with van der Waals surface area (Å²) in [6, 6.07) is 7.71. The Morgan fingerprint density at radius 2 is 2.04 bits per heavy atom. The van der Waals surface area contributed by atoms with Crippen LogP contribution in [0.3, 0.4) is 0 Å². The number of hydrogen-bond acceptors (Lipinski definition) is 2. The number of nitrogens with zero attached hydrogens (tertiary/aromatic N) is 2. The van der Waals surface area contributed by atoms with Gasteiger partial charge in [0.1, 0.15) is 6.54 Å². The molecular weight excluding hydrogens is 331 g/mol. The summed E-state index contributed by atoms with van der Waals surface area (Å²) in [4.78, 5) is 12.2. The number of carbonyl (C=O) groups is 1. The van der Waals surface area contributed by atoms with E-state index in [9.17, 15) is 18.0 Å². The van der Waals surface area contributed by atoms with Gasteiger partial charge in [-0.05, 0) is 38.2 Å². The van der Waals surface area contributed by atoms with Crippen LogP contribution in [0, 0.1) is 6.92 Å². The average Bonchev–Trinajstić information content (AvgIpc) is 2.92. The Balaban J connectivity index is 1.72. The molecule has 1 aliphatic carbocycles. The van der Waals surface area contributed by atoms with Gasteiger partial charge in [-0.25, -0.2) is 0 Å². The lowest BCUT2D eigenvalue weighted by atomic mass is 9.95. The third kappa shape index (κ3) is 4.03. The number of benzene rings is 1. The second kappa shape index (κ2) is 6.90. The predicted molar refractivity (Wildman–Crippen MR) is 86.9 cm³/mol. The number of nitrogens with one attached hydrogen (secondary N) is 1. The van der Waals surface area contributed by atoms with Crippen molar-refractivity contribution < 1.29 is 18.0 Å². The Labute approximate surface area is 144 Å². The van der Waals surface area contributed by atoms with Crippen LogP contribution in [0.2, 0.25) is 0 Å². The molecule has 1 N–H and O–H groups in total. The van der Waals surface area contributed by atoms with Crippen LogP contribution in [0.15, 0.2) is 24.3 Å². The van der Waals surface area contributed by atoms with Crippen LogP contribution >= 0.6 is 0 Å². The largest absolute Gasteiger partial charge is 0.435 e. The first-order chi connectivity index (χ1) is 11.8. The molecule has 0 bridgehead atoms. The first kappa shape index (κ1) is 17.5. The van der Waals surface area contributed by atoms with Crippen LogP contribution in [0.5, 0.6) is 0 Å². The summed E-state index contributed by atoms with van der Waals surface area (Å²) in [5.41, 5.74) is 2.00. The second-order valence-electron chi connectivity index (χ2n) is 6.40. The lowest BCUT2D eigenvalue weighted by Gasteiger charge is -2.14. The van der Waals surface area contributed by atoms with E-state index in [2.05, 4.69) is 10.4 Å². The molecule has 4 nitrogen and oxygen atoms in total. The first-order valence-corrected chi connectivity index (χ1v) is 8.32. The van der Waals surface area contributed by atoms with Crippen molar-refractivity contribution in [1.82, 2.24) is 15.1 Å². The highest BCUT2D eigenvalue weighted by atomic mass is 19.4. The van der Waals surface area contributed by atoms with E-state index in [1.54, 1.807) is 0 Å². The molecule has 0 aliphatic heterocycles. The maximum Gasteiger partial charge on any atom is 0.435 e. The van der Waals surface area contributed by atoms with Crippen LogP contribution in [-0.4, -0.2) is 15.7 Å². The highest BCUT2D eigenvalue weighted by Crippen LogP contribution is 2.35. The number of aryl methyl sites for hydroxylation is 1. The smallest absolute Gasteiger partial charge is 0.350 e. The van der Waals surface area contributed by atoms with Gasteiger partial charge >= 0.3 is 6.18 Å². The molecular formula is C18H20F3N3O. The van der Waals surface area contributed by atoms with Crippen LogP contribution < -0.4 is 5.32 Å². The minimum Gasteiger partial charge on any atom is -0.350 e. The minimum absolute atomic E-state index is 0.190. The molecule has 1 amide bonds. The van der Waals surface area contributed by atoms with E-state index in [-0.39, 0.29) is 18.0 Å². The molecule has 25 heavy (non-hydrogen) atoms. The van der Waals surface area contributed by atoms with Gasteiger partial charge in [0, 0.05) is 17.8 Å². The van der Waals surface area contributed by atoms with Gasteiger partial charge in [0.05, 0.1) is 0 Å². The number of fused-ring (bicyclic) bond motifs is 1. The summed E-state index contributed by atoms with van der Waals surface area (Å²) < 4.78 is 40.7. The quantitative estimate of drug-likeness (QED) is 0.918. The first-order valence-electron chi connectivity index (χ1n) is 8.32. The number of amides is 1. The second-order valence-corrected chi connectivity index (χ2v) is 6.40. The topological polar surface area (TPSA) is 46.9 Å². The zero-order valence-electron chi connectivity index (χ0n) is 14.0. The number of aromatic nitrogens is 2. The zero-order chi connectivity index (χ0) is 18.0. The van der Waals surface area contributed by atoms with Crippen molar-refractivity contribution in [2.45, 2.75) is 51.9 Å². The van der Waals surface area contributed by atoms with Gasteiger partial charge in [-0.3, -0.25) is 9.48 Å². The van der Waals surface area contributed by atoms with E-state index < -0.39 is 11.9 Å². The summed E-state index contributed by atoms with van der Waals surface area (Å²) in [6.07, 6.45) is -2.04. The van der Waals surface area contributed by atoms with Crippen molar-refractivity contribution in [3.8, 4) is 0 Å². The van der Waals surface area contributed by atoms with Gasteiger partial charge in [0.15, 0.2) is 5.69 Å². The van der Waals surface area contributed by atoms with Crippen molar-refractivity contribution in [3.63, 3.8) is 0 Å². The van der Waals surface area contributed by atoms with Crippen LogP contribution in [0.4, 0.5) is 13.2 Å². The van der Waals surface area contributed by atoms with E-state index in [1.807, 2.05) is 31.2 Å². The van der Waals surface area contributed by atoms with Gasteiger partial charge in [-0.2, -0.15) is 18.3 Å². The molecule has 1 aromatic heterocycles. The van der Waals surface area contributed by atoms with Gasteiger partial charge in [-0.15, -0.1) is 0 Å². The molecule has 1 heterocycles. The maximum atomic E-state index is 13.2. The lowest BCUT2D eigenvalue weighted by Crippen LogP contribution is -2.28. The fourth-order valence-corrected chi connectivity index (χ4v) is 3.24. The number of rotatable bonds is 4. The van der Waals surface area contributed by atoms with Gasteiger partial charge in [0.2, 0.25) is 5.91 Å². The van der Waals surface area contributed by atoms with E-state index in [0.29, 0.717) is 25.1 Å². The molecule has 2 aromatic rings. The monoisotopic (exact) mass is 351 g/mol. The summed E-state index contributed by atoms with van der Waals surface area (Å²) in [5, 5.41) is 6.45. The Kier molecular flexibility index (Phi) is 4.83. The highest BCUT2D eigenvalue weighted by molar-refractivity contribution is 5.75. The molecule has 7 heteroatoms. The molecule has 0 unspecified atom stereocenters. The number of hydrogen-bond donors (Lipinski definition) is 1. The predicted octanol–water partition coefficient (Wildman–Crippen LogP) is 3.41. The molecule has 134 valence electrons. The minimum atomic E-state index is -4.48. The molecule has 3 rings (SSSR count). The molecule has 0 saturated heterocycles. The molecule has 1 aliphatic rings. The Morgan fingerprint density at radius 1 is 1.28 bits per heavy atom. The van der Waals surface area contributed by atoms with Gasteiger partial charge < -0.3 is 5.32 Å². The van der Waals surface area contributed by atoms with E-state index in [0.717, 1.165) is 24.0 Å². The molecule has 0 fully saturated rings. The van der Waals surface area contributed by atoms with Crippen molar-refractivity contribution in [1.29, 1.82) is 0 Å². The molecule has 0 atom stereocenters. The van der Waals surface area contributed by atoms with Crippen LogP contribution in [-0.2, 0) is 36.9 Å². The fraction of sp³-hybridized carbons (Fsp3) is 0.444. The summed E-state index contributed by atoms with van der Waals surface area (Å²) >= 11 is 0. The lowest BCUT2D eigenvalue weighted by molar-refractivity contribution is -0.142. The number of halogens is 3. The van der Waals surface area contributed by atoms with Gasteiger partial charge in [0.25, 0.3) is 0 Å². The van der Waals surface area contributed by atoms with Crippen molar-refractivity contribution in [2.24, 2.45) is 0 Å². The number of carbonyl (C=O) groups excluding carboxylic acids is 1. The van der Waals surface area contributed by atoms with E-state index in [4.69, 9.17) is 0 Å². The van der Waals surface area contributed by atoms with Crippen molar-refractivity contribution in [2.75, 3.05) is 0 Å². The number of alkyl halides is 3. The zero-order valence-corrected chi connectivity index (χ0v) is 14.0. The Bertz CT molecular complexity index is 780. The standard InChI is InChI=1S/C18H20F3N3O/c1-12-5-4-6-13(9-12)10-22-16(25)11-24-15-8-3-2-7-14(15)17(23-24)18(19,20)21/h4-6,9H,2-3,7-8,10-11H2,1H3,(H,22,25). The SMILES string of the molecule is Cc1cccc(CNC(=O)Cn2nc(C(F)(F)F)c3c2CCCC3)c1. The Hall–Kier alpha value is -2.31. The molecule has 0 spiro atoms. The van der Waals surface area contributed by atoms with E-state index in [1.165, 1.54) is 4.68 Å². The van der Waals surface area contributed by atoms with Gasteiger partial charge in [-0.1, -0.05) is 29.8 Å². The average molecular weight is 351 g/mol. The highest BCUT2D eigenvalue weighted by Gasteiger charge is 2.39. The Morgan fingerprint density at radius 3 is 2.76 bits per heavy atom. The summed E-state index contributed by atoms with van der Waals surface area (Å²) in [5.74, 6) is -0.342. The third-order valence-electron chi connectivity index (χ3n) is 4.39. The maximum absolute atomic E-state index is 13.2. The summed E-state index contributed by atoms with van der Waals surface area (Å²) in [6.45, 7) is 2.11.